The van der Waals surface area contributed by atoms with Gasteiger partial charge in [0.05, 0.1) is 19.3 Å². The van der Waals surface area contributed by atoms with Gasteiger partial charge in [0.25, 0.3) is 0 Å². The van der Waals surface area contributed by atoms with Crippen molar-refractivity contribution in [1.29, 1.82) is 0 Å². The molecule has 174 valence electrons. The standard InChI is InChI=1S/C24H40FN5O/c1-20-6-5-13-29(19-20)12-4-3-11-27-24(26-2)28-18-23(30-14-16-31-17-15-30)21-7-9-22(25)10-8-21/h7-10,20,23H,3-6,11-19H2,1-2H3,(H2,26,27,28). The average molecular weight is 434 g/mol. The van der Waals surface area contributed by atoms with Crippen molar-refractivity contribution in [2.45, 2.75) is 38.6 Å². The van der Waals surface area contributed by atoms with E-state index in [-0.39, 0.29) is 11.9 Å². The molecule has 2 aliphatic heterocycles. The molecule has 7 heteroatoms. The van der Waals surface area contributed by atoms with Crippen LogP contribution in [-0.2, 0) is 4.74 Å². The van der Waals surface area contributed by atoms with E-state index in [1.807, 2.05) is 19.2 Å². The number of halogens is 1. The summed E-state index contributed by atoms with van der Waals surface area (Å²) >= 11 is 0. The van der Waals surface area contributed by atoms with Crippen LogP contribution in [0.4, 0.5) is 4.39 Å². The first-order valence-corrected chi connectivity index (χ1v) is 11.9. The molecular formula is C24H40FN5O. The predicted molar refractivity (Wildman–Crippen MR) is 125 cm³/mol. The number of likely N-dealkylation sites (tertiary alicyclic amines) is 1. The monoisotopic (exact) mass is 433 g/mol. The lowest BCUT2D eigenvalue weighted by molar-refractivity contribution is 0.0170. The van der Waals surface area contributed by atoms with Crippen LogP contribution in [0, 0.1) is 11.7 Å². The lowest BCUT2D eigenvalue weighted by Crippen LogP contribution is -2.46. The first-order chi connectivity index (χ1) is 15.2. The topological polar surface area (TPSA) is 52.1 Å². The Kier molecular flexibility index (Phi) is 10.0. The van der Waals surface area contributed by atoms with Gasteiger partial charge >= 0.3 is 0 Å². The van der Waals surface area contributed by atoms with Crippen LogP contribution in [0.25, 0.3) is 0 Å². The Morgan fingerprint density at radius 3 is 2.65 bits per heavy atom. The molecule has 0 saturated carbocycles. The molecule has 1 aromatic rings. The predicted octanol–water partition coefficient (Wildman–Crippen LogP) is 2.88. The lowest BCUT2D eigenvalue weighted by Gasteiger charge is -2.35. The molecule has 3 rings (SSSR count). The van der Waals surface area contributed by atoms with E-state index < -0.39 is 0 Å². The second kappa shape index (κ2) is 13.0. The summed E-state index contributed by atoms with van der Waals surface area (Å²) in [6, 6.07) is 7.01. The molecule has 0 aromatic heterocycles. The van der Waals surface area contributed by atoms with Crippen LogP contribution in [0.3, 0.4) is 0 Å². The van der Waals surface area contributed by atoms with Gasteiger partial charge in [0.2, 0.25) is 0 Å². The zero-order chi connectivity index (χ0) is 21.9. The number of nitrogens with zero attached hydrogens (tertiary/aromatic N) is 3. The third-order valence-electron chi connectivity index (χ3n) is 6.36. The minimum atomic E-state index is -0.200. The SMILES string of the molecule is CN=C(NCCCCN1CCCC(C)C1)NCC(c1ccc(F)cc1)N1CCOCC1. The third-order valence-corrected chi connectivity index (χ3v) is 6.36. The molecule has 6 nitrogen and oxygen atoms in total. The highest BCUT2D eigenvalue weighted by atomic mass is 19.1. The molecule has 0 bridgehead atoms. The Morgan fingerprint density at radius 1 is 1.16 bits per heavy atom. The quantitative estimate of drug-likeness (QED) is 0.356. The Bertz CT molecular complexity index is 662. The number of ether oxygens (including phenoxy) is 1. The zero-order valence-corrected chi connectivity index (χ0v) is 19.3. The van der Waals surface area contributed by atoms with Gasteiger partial charge in [-0.15, -0.1) is 0 Å². The highest BCUT2D eigenvalue weighted by Gasteiger charge is 2.23. The van der Waals surface area contributed by atoms with E-state index in [1.54, 1.807) is 12.1 Å². The molecule has 2 saturated heterocycles. The van der Waals surface area contributed by atoms with Crippen molar-refractivity contribution in [2.24, 2.45) is 10.9 Å². The number of unbranched alkanes of at least 4 members (excludes halogenated alkanes) is 1. The second-order valence-corrected chi connectivity index (χ2v) is 8.85. The van der Waals surface area contributed by atoms with Gasteiger partial charge in [-0.05, 0) is 62.4 Å². The van der Waals surface area contributed by atoms with Gasteiger partial charge in [-0.25, -0.2) is 4.39 Å². The maximum Gasteiger partial charge on any atom is 0.191 e. The van der Waals surface area contributed by atoms with E-state index in [2.05, 4.69) is 32.3 Å². The van der Waals surface area contributed by atoms with Gasteiger partial charge in [0, 0.05) is 39.8 Å². The van der Waals surface area contributed by atoms with Crippen molar-refractivity contribution in [3.05, 3.63) is 35.6 Å². The number of hydrogen-bond acceptors (Lipinski definition) is 4. The van der Waals surface area contributed by atoms with Gasteiger partial charge in [-0.3, -0.25) is 9.89 Å². The lowest BCUT2D eigenvalue weighted by atomic mass is 10.0. The number of guanidine groups is 1. The van der Waals surface area contributed by atoms with Crippen LogP contribution >= 0.6 is 0 Å². The molecular weight excluding hydrogens is 393 g/mol. The maximum absolute atomic E-state index is 13.4. The van der Waals surface area contributed by atoms with E-state index in [4.69, 9.17) is 4.74 Å². The smallest absolute Gasteiger partial charge is 0.191 e. The molecule has 31 heavy (non-hydrogen) atoms. The molecule has 2 unspecified atom stereocenters. The third kappa shape index (κ3) is 8.05. The Morgan fingerprint density at radius 2 is 1.94 bits per heavy atom. The van der Waals surface area contributed by atoms with Gasteiger partial charge in [0.1, 0.15) is 5.82 Å². The molecule has 2 heterocycles. The molecule has 2 fully saturated rings. The van der Waals surface area contributed by atoms with E-state index in [0.717, 1.165) is 63.3 Å². The molecule has 2 aliphatic rings. The second-order valence-electron chi connectivity index (χ2n) is 8.85. The largest absolute Gasteiger partial charge is 0.379 e. The van der Waals surface area contributed by atoms with Crippen LogP contribution in [0.1, 0.15) is 44.2 Å². The summed E-state index contributed by atoms with van der Waals surface area (Å²) in [5, 5.41) is 6.93. The van der Waals surface area contributed by atoms with Crippen LogP contribution in [0.15, 0.2) is 29.3 Å². The van der Waals surface area contributed by atoms with Crippen LogP contribution in [-0.4, -0.2) is 81.8 Å². The summed E-state index contributed by atoms with van der Waals surface area (Å²) in [7, 11) is 1.81. The van der Waals surface area contributed by atoms with Crippen molar-refractivity contribution in [1.82, 2.24) is 20.4 Å². The van der Waals surface area contributed by atoms with E-state index in [1.165, 1.54) is 38.9 Å². The number of nitrogens with one attached hydrogen (secondary N) is 2. The number of piperidine rings is 1. The molecule has 0 spiro atoms. The summed E-state index contributed by atoms with van der Waals surface area (Å²) in [6.07, 6.45) is 5.07. The summed E-state index contributed by atoms with van der Waals surface area (Å²) in [5.41, 5.74) is 1.11. The number of rotatable bonds is 9. The summed E-state index contributed by atoms with van der Waals surface area (Å²) in [5.74, 6) is 1.47. The average Bonchev–Trinajstić information content (AvgIpc) is 2.79. The van der Waals surface area contributed by atoms with Crippen molar-refractivity contribution >= 4 is 5.96 Å². The van der Waals surface area contributed by atoms with Crippen molar-refractivity contribution in [3.63, 3.8) is 0 Å². The van der Waals surface area contributed by atoms with Crippen molar-refractivity contribution in [2.75, 3.05) is 66.1 Å². The van der Waals surface area contributed by atoms with Gasteiger partial charge < -0.3 is 20.3 Å². The normalized spacial score (nSPS) is 22.3. The molecule has 2 N–H and O–H groups in total. The van der Waals surface area contributed by atoms with Gasteiger partial charge in [-0.2, -0.15) is 0 Å². The van der Waals surface area contributed by atoms with E-state index >= 15 is 0 Å². The maximum atomic E-state index is 13.4. The summed E-state index contributed by atoms with van der Waals surface area (Å²) in [6.45, 7) is 10.9. The summed E-state index contributed by atoms with van der Waals surface area (Å²) < 4.78 is 18.9. The summed E-state index contributed by atoms with van der Waals surface area (Å²) in [4.78, 5) is 9.40. The van der Waals surface area contributed by atoms with Gasteiger partial charge in [0.15, 0.2) is 5.96 Å². The molecule has 2 atom stereocenters. The fraction of sp³-hybridized carbons (Fsp3) is 0.708. The van der Waals surface area contributed by atoms with Gasteiger partial charge in [-0.1, -0.05) is 19.1 Å². The van der Waals surface area contributed by atoms with Crippen molar-refractivity contribution in [3.8, 4) is 0 Å². The Balaban J connectivity index is 1.42. The fourth-order valence-electron chi connectivity index (χ4n) is 4.60. The number of hydrogen-bond donors (Lipinski definition) is 2. The van der Waals surface area contributed by atoms with Crippen LogP contribution in [0.5, 0.6) is 0 Å². The van der Waals surface area contributed by atoms with E-state index in [0.29, 0.717) is 0 Å². The first kappa shape index (κ1) is 24.0. The highest BCUT2D eigenvalue weighted by Crippen LogP contribution is 2.21. The molecule has 0 radical (unpaired) electrons. The van der Waals surface area contributed by atoms with E-state index in [9.17, 15) is 4.39 Å². The molecule has 1 aromatic carbocycles. The molecule has 0 amide bonds. The Labute approximate surface area is 187 Å². The number of benzene rings is 1. The zero-order valence-electron chi connectivity index (χ0n) is 19.3. The first-order valence-electron chi connectivity index (χ1n) is 11.9. The highest BCUT2D eigenvalue weighted by molar-refractivity contribution is 5.79. The van der Waals surface area contributed by atoms with Crippen molar-refractivity contribution < 1.29 is 9.13 Å². The minimum absolute atomic E-state index is 0.157. The fourth-order valence-corrected chi connectivity index (χ4v) is 4.60. The van der Waals surface area contributed by atoms with Crippen LogP contribution < -0.4 is 10.6 Å². The van der Waals surface area contributed by atoms with Crippen LogP contribution in [0.2, 0.25) is 0 Å². The molecule has 0 aliphatic carbocycles. The Hall–Kier alpha value is -1.70. The number of morpholine rings is 1. The number of aliphatic imine (C=N–C) groups is 1. The minimum Gasteiger partial charge on any atom is -0.379 e.